The van der Waals surface area contributed by atoms with Crippen molar-refractivity contribution in [2.75, 3.05) is 0 Å². The van der Waals surface area contributed by atoms with Gasteiger partial charge in [-0.2, -0.15) is 0 Å². The zero-order valence-corrected chi connectivity index (χ0v) is 10.9. The Labute approximate surface area is 103 Å². The third-order valence-corrected chi connectivity index (χ3v) is 5.69. The number of rotatable bonds is 2. The second kappa shape index (κ2) is 3.05. The summed E-state index contributed by atoms with van der Waals surface area (Å²) in [7, 11) is 0. The van der Waals surface area contributed by atoms with Crippen molar-refractivity contribution >= 4 is 5.97 Å². The van der Waals surface area contributed by atoms with Gasteiger partial charge >= 0.3 is 0 Å². The van der Waals surface area contributed by atoms with Crippen LogP contribution in [0.4, 0.5) is 0 Å². The van der Waals surface area contributed by atoms with Crippen LogP contribution in [-0.4, -0.2) is 12.0 Å². The molecule has 3 heteroatoms. The van der Waals surface area contributed by atoms with E-state index < -0.39 is 12.0 Å². The van der Waals surface area contributed by atoms with Gasteiger partial charge in [0.2, 0.25) is 0 Å². The number of carbonyl (C=O) groups is 1. The summed E-state index contributed by atoms with van der Waals surface area (Å²) in [6.07, 6.45) is 7.04. The number of carboxylic acids is 1. The van der Waals surface area contributed by atoms with Gasteiger partial charge < -0.3 is 15.6 Å². The number of carboxylic acid groups (broad SMARTS) is 1. The lowest BCUT2D eigenvalue weighted by molar-refractivity contribution is -0.471. The zero-order chi connectivity index (χ0) is 12.5. The van der Waals surface area contributed by atoms with Crippen LogP contribution in [0.3, 0.4) is 0 Å². The molecule has 5 atom stereocenters. The van der Waals surface area contributed by atoms with Gasteiger partial charge in [-0.25, -0.2) is 0 Å². The molecule has 0 aromatic carbocycles. The molecule has 0 aromatic heterocycles. The van der Waals surface area contributed by atoms with Crippen molar-refractivity contribution in [3.05, 3.63) is 0 Å². The first kappa shape index (κ1) is 11.5. The molecular weight excluding hydrogens is 214 g/mol. The molecule has 0 radical (unpaired) electrons. The molecule has 4 saturated carbocycles. The molecule has 3 nitrogen and oxygen atoms in total. The summed E-state index contributed by atoms with van der Waals surface area (Å²) in [5.74, 6) is -0.219. The highest BCUT2D eigenvalue weighted by Crippen LogP contribution is 2.69. The largest absolute Gasteiger partial charge is 0.544 e. The van der Waals surface area contributed by atoms with Crippen LogP contribution < -0.4 is 10.8 Å². The van der Waals surface area contributed by atoms with Crippen molar-refractivity contribution in [2.45, 2.75) is 58.4 Å². The average molecular weight is 237 g/mol. The number of quaternary nitrogens is 1. The van der Waals surface area contributed by atoms with E-state index in [4.69, 9.17) is 0 Å². The first-order valence-corrected chi connectivity index (χ1v) is 6.80. The Bertz CT molecular complexity index is 360. The molecule has 2 unspecified atom stereocenters. The molecule has 4 bridgehead atoms. The van der Waals surface area contributed by atoms with Crippen LogP contribution in [0.5, 0.6) is 0 Å². The van der Waals surface area contributed by atoms with Crippen LogP contribution in [-0.2, 0) is 4.79 Å². The molecule has 4 fully saturated rings. The molecular formula is C14H23NO2. The summed E-state index contributed by atoms with van der Waals surface area (Å²) in [5, 5.41) is 11.3. The normalized spacial score (nSPS) is 53.7. The van der Waals surface area contributed by atoms with Gasteiger partial charge in [-0.05, 0) is 55.3 Å². The molecule has 0 spiro atoms. The van der Waals surface area contributed by atoms with E-state index in [1.807, 2.05) is 0 Å². The average Bonchev–Trinajstić information content (AvgIpc) is 2.10. The van der Waals surface area contributed by atoms with E-state index in [-0.39, 0.29) is 5.41 Å². The van der Waals surface area contributed by atoms with Gasteiger partial charge in [-0.15, -0.1) is 0 Å². The molecule has 4 aliphatic carbocycles. The Hall–Kier alpha value is -0.570. The molecule has 4 aliphatic rings. The van der Waals surface area contributed by atoms with Crippen LogP contribution in [0, 0.1) is 22.2 Å². The molecule has 17 heavy (non-hydrogen) atoms. The molecule has 96 valence electrons. The third kappa shape index (κ3) is 1.55. The predicted octanol–water partition coefficient (Wildman–Crippen LogP) is 0.343. The van der Waals surface area contributed by atoms with E-state index in [1.165, 1.54) is 19.3 Å². The summed E-state index contributed by atoms with van der Waals surface area (Å²) in [6.45, 7) is 4.71. The van der Waals surface area contributed by atoms with E-state index in [1.54, 1.807) is 0 Å². The molecule has 0 aromatic rings. The zero-order valence-electron chi connectivity index (χ0n) is 10.9. The second-order valence-electron chi connectivity index (χ2n) is 7.86. The monoisotopic (exact) mass is 237 g/mol. The van der Waals surface area contributed by atoms with Crippen LogP contribution in [0.1, 0.15) is 52.4 Å². The van der Waals surface area contributed by atoms with Crippen molar-refractivity contribution in [1.29, 1.82) is 0 Å². The van der Waals surface area contributed by atoms with Crippen molar-refractivity contribution in [3.8, 4) is 0 Å². The van der Waals surface area contributed by atoms with Crippen LogP contribution in [0.2, 0.25) is 0 Å². The minimum atomic E-state index is -0.945. The van der Waals surface area contributed by atoms with Crippen molar-refractivity contribution in [3.63, 3.8) is 0 Å². The Morgan fingerprint density at radius 1 is 1.18 bits per heavy atom. The van der Waals surface area contributed by atoms with E-state index in [0.717, 1.165) is 25.2 Å². The van der Waals surface area contributed by atoms with E-state index in [0.29, 0.717) is 10.8 Å². The molecule has 3 N–H and O–H groups in total. The summed E-state index contributed by atoms with van der Waals surface area (Å²) < 4.78 is 0. The van der Waals surface area contributed by atoms with Gasteiger partial charge in [-0.1, -0.05) is 13.8 Å². The molecule has 0 saturated heterocycles. The van der Waals surface area contributed by atoms with Crippen molar-refractivity contribution < 1.29 is 15.6 Å². The molecule has 0 amide bonds. The highest BCUT2D eigenvalue weighted by atomic mass is 16.4. The first-order valence-electron chi connectivity index (χ1n) is 6.80. The lowest BCUT2D eigenvalue weighted by Crippen LogP contribution is -2.78. The Morgan fingerprint density at radius 3 is 2.12 bits per heavy atom. The molecule has 0 aliphatic heterocycles. The standard InChI is InChI=1S/C14H23NO2/c1-12-3-9-4-13(2,6-12)8-14(5-9,7-12)10(15)11(16)17/h9-10H,3-8,15H2,1-2H3,(H,16,17)/t9?,10-,12-,13+,14?/m1/s1. The third-order valence-electron chi connectivity index (χ3n) is 5.69. The summed E-state index contributed by atoms with van der Waals surface area (Å²) in [5.41, 5.74) is 4.58. The van der Waals surface area contributed by atoms with Crippen LogP contribution >= 0.6 is 0 Å². The number of hydrogen-bond acceptors (Lipinski definition) is 2. The van der Waals surface area contributed by atoms with Gasteiger partial charge in [-0.3, -0.25) is 0 Å². The quantitative estimate of drug-likeness (QED) is 0.752. The van der Waals surface area contributed by atoms with Gasteiger partial charge in [0.25, 0.3) is 0 Å². The minimum absolute atomic E-state index is 0.0677. The Balaban J connectivity index is 2.00. The van der Waals surface area contributed by atoms with E-state index in [2.05, 4.69) is 19.6 Å². The first-order chi connectivity index (χ1) is 7.76. The minimum Gasteiger partial charge on any atom is -0.544 e. The van der Waals surface area contributed by atoms with Crippen LogP contribution in [0.15, 0.2) is 0 Å². The van der Waals surface area contributed by atoms with Crippen molar-refractivity contribution in [1.82, 2.24) is 0 Å². The van der Waals surface area contributed by atoms with Gasteiger partial charge in [0.1, 0.15) is 6.04 Å². The van der Waals surface area contributed by atoms with Gasteiger partial charge in [0.15, 0.2) is 0 Å². The van der Waals surface area contributed by atoms with Gasteiger partial charge in [0.05, 0.1) is 5.97 Å². The highest BCUT2D eigenvalue weighted by Gasteiger charge is 2.63. The SMILES string of the molecule is C[C@]12CC3CC([C@H]([NH3+])C(=O)[O-])(C1)C[C@@](C)(C3)C2. The highest BCUT2D eigenvalue weighted by molar-refractivity contribution is 5.70. The molecule has 4 rings (SSSR count). The number of hydrogen-bond donors (Lipinski definition) is 1. The fourth-order valence-electron chi connectivity index (χ4n) is 6.17. The van der Waals surface area contributed by atoms with E-state index >= 15 is 0 Å². The lowest BCUT2D eigenvalue weighted by atomic mass is 9.39. The predicted molar refractivity (Wildman–Crippen MR) is 61.5 cm³/mol. The maximum absolute atomic E-state index is 11.3. The Kier molecular flexibility index (Phi) is 2.07. The smallest absolute Gasteiger partial charge is 0.130 e. The maximum Gasteiger partial charge on any atom is 0.130 e. The summed E-state index contributed by atoms with van der Waals surface area (Å²) >= 11 is 0. The van der Waals surface area contributed by atoms with Gasteiger partial charge in [0, 0.05) is 5.41 Å². The second-order valence-corrected chi connectivity index (χ2v) is 7.86. The summed E-state index contributed by atoms with van der Waals surface area (Å²) in [4.78, 5) is 11.3. The maximum atomic E-state index is 11.3. The molecule has 0 heterocycles. The number of aliphatic carboxylic acids is 1. The topological polar surface area (TPSA) is 67.8 Å². The lowest BCUT2D eigenvalue weighted by Gasteiger charge is -2.65. The fraction of sp³-hybridized carbons (Fsp3) is 0.929. The summed E-state index contributed by atoms with van der Waals surface area (Å²) in [6, 6.07) is -0.524. The fourth-order valence-corrected chi connectivity index (χ4v) is 6.17. The van der Waals surface area contributed by atoms with Crippen LogP contribution in [0.25, 0.3) is 0 Å². The van der Waals surface area contributed by atoms with E-state index in [9.17, 15) is 9.90 Å². The van der Waals surface area contributed by atoms with Crippen molar-refractivity contribution in [2.24, 2.45) is 22.2 Å². The number of carbonyl (C=O) groups excluding carboxylic acids is 1. The Morgan fingerprint density at radius 2 is 1.71 bits per heavy atom.